The van der Waals surface area contributed by atoms with Crippen molar-refractivity contribution in [2.75, 3.05) is 10.6 Å². The highest BCUT2D eigenvalue weighted by molar-refractivity contribution is 7.80. The van der Waals surface area contributed by atoms with E-state index in [0.29, 0.717) is 16.9 Å². The minimum absolute atomic E-state index is 0.0786. The molecule has 0 spiro atoms. The SMILES string of the molecule is Cc1ccccc1C(=O)NC(=S)Nc1cccc(NC(=O)C(C)(C)C)c1. The molecule has 0 saturated heterocycles. The van der Waals surface area contributed by atoms with Crippen LogP contribution in [0, 0.1) is 12.3 Å². The first kappa shape index (κ1) is 19.6. The molecule has 0 atom stereocenters. The molecule has 0 aromatic heterocycles. The summed E-state index contributed by atoms with van der Waals surface area (Å²) in [6.45, 7) is 7.41. The molecule has 6 heteroatoms. The number of hydrogen-bond acceptors (Lipinski definition) is 3. The molecule has 0 aliphatic heterocycles. The van der Waals surface area contributed by atoms with Gasteiger partial charge in [0.2, 0.25) is 5.91 Å². The van der Waals surface area contributed by atoms with Crippen LogP contribution in [0.2, 0.25) is 0 Å². The molecular weight excluding hydrogens is 346 g/mol. The van der Waals surface area contributed by atoms with E-state index in [4.69, 9.17) is 12.2 Å². The fourth-order valence-corrected chi connectivity index (χ4v) is 2.36. The van der Waals surface area contributed by atoms with E-state index in [1.807, 2.05) is 39.8 Å². The molecule has 2 aromatic rings. The van der Waals surface area contributed by atoms with Crippen LogP contribution in [0.4, 0.5) is 11.4 Å². The number of carbonyl (C=O) groups is 2. The van der Waals surface area contributed by atoms with Crippen LogP contribution in [0.5, 0.6) is 0 Å². The third kappa shape index (κ3) is 5.39. The fraction of sp³-hybridized carbons (Fsp3) is 0.250. The molecule has 0 aliphatic rings. The minimum atomic E-state index is -0.486. The summed E-state index contributed by atoms with van der Waals surface area (Å²) in [5.41, 5.74) is 2.29. The number of thiocarbonyl (C=S) groups is 1. The predicted octanol–water partition coefficient (Wildman–Crippen LogP) is 4.11. The average molecular weight is 369 g/mol. The first-order valence-corrected chi connectivity index (χ1v) is 8.67. The molecule has 2 amide bonds. The molecule has 136 valence electrons. The first-order valence-electron chi connectivity index (χ1n) is 8.26. The number of carbonyl (C=O) groups excluding carboxylic acids is 2. The summed E-state index contributed by atoms with van der Waals surface area (Å²) in [5.74, 6) is -0.345. The van der Waals surface area contributed by atoms with Crippen molar-refractivity contribution >= 4 is 40.5 Å². The summed E-state index contributed by atoms with van der Waals surface area (Å²) in [6.07, 6.45) is 0. The zero-order valence-corrected chi connectivity index (χ0v) is 16.2. The largest absolute Gasteiger partial charge is 0.332 e. The van der Waals surface area contributed by atoms with Gasteiger partial charge in [-0.25, -0.2) is 0 Å². The number of nitrogens with one attached hydrogen (secondary N) is 3. The number of benzene rings is 2. The molecule has 0 fully saturated rings. The first-order chi connectivity index (χ1) is 12.2. The predicted molar refractivity (Wildman–Crippen MR) is 109 cm³/mol. The minimum Gasteiger partial charge on any atom is -0.332 e. The lowest BCUT2D eigenvalue weighted by molar-refractivity contribution is -0.123. The molecule has 2 aromatic carbocycles. The van der Waals surface area contributed by atoms with Gasteiger partial charge in [-0.05, 0) is 49.0 Å². The van der Waals surface area contributed by atoms with Crippen molar-refractivity contribution in [1.29, 1.82) is 0 Å². The topological polar surface area (TPSA) is 70.2 Å². The van der Waals surface area contributed by atoms with Crippen molar-refractivity contribution in [3.63, 3.8) is 0 Å². The van der Waals surface area contributed by atoms with Crippen LogP contribution in [-0.2, 0) is 4.79 Å². The van der Waals surface area contributed by atoms with Gasteiger partial charge in [0.05, 0.1) is 0 Å². The highest BCUT2D eigenvalue weighted by Crippen LogP contribution is 2.20. The quantitative estimate of drug-likeness (QED) is 0.712. The van der Waals surface area contributed by atoms with E-state index in [0.717, 1.165) is 5.56 Å². The third-order valence-corrected chi connectivity index (χ3v) is 3.88. The summed E-state index contributed by atoms with van der Waals surface area (Å²) in [4.78, 5) is 24.4. The normalized spacial score (nSPS) is 10.8. The summed E-state index contributed by atoms with van der Waals surface area (Å²) in [6, 6.07) is 14.5. The Bertz CT molecular complexity index is 841. The van der Waals surface area contributed by atoms with E-state index < -0.39 is 5.41 Å². The van der Waals surface area contributed by atoms with Crippen LogP contribution < -0.4 is 16.0 Å². The Balaban J connectivity index is 2.01. The van der Waals surface area contributed by atoms with Gasteiger partial charge in [-0.1, -0.05) is 45.0 Å². The Labute approximate surface area is 159 Å². The summed E-state index contributed by atoms with van der Waals surface area (Å²) < 4.78 is 0. The van der Waals surface area contributed by atoms with Crippen molar-refractivity contribution in [1.82, 2.24) is 5.32 Å². The van der Waals surface area contributed by atoms with E-state index in [1.54, 1.807) is 36.4 Å². The molecule has 3 N–H and O–H groups in total. The molecule has 2 rings (SSSR count). The van der Waals surface area contributed by atoms with Gasteiger partial charge < -0.3 is 10.6 Å². The molecule has 0 saturated carbocycles. The second-order valence-electron chi connectivity index (χ2n) is 7.01. The number of hydrogen-bond donors (Lipinski definition) is 3. The summed E-state index contributed by atoms with van der Waals surface area (Å²) in [7, 11) is 0. The molecule has 26 heavy (non-hydrogen) atoms. The Morgan fingerprint density at radius 3 is 2.15 bits per heavy atom. The summed E-state index contributed by atoms with van der Waals surface area (Å²) >= 11 is 5.22. The van der Waals surface area contributed by atoms with E-state index in [-0.39, 0.29) is 16.9 Å². The number of aryl methyl sites for hydroxylation is 1. The van der Waals surface area contributed by atoms with E-state index >= 15 is 0 Å². The Hall–Kier alpha value is -2.73. The van der Waals surface area contributed by atoms with Gasteiger partial charge in [-0.3, -0.25) is 14.9 Å². The highest BCUT2D eigenvalue weighted by Gasteiger charge is 2.21. The second-order valence-corrected chi connectivity index (χ2v) is 7.42. The van der Waals surface area contributed by atoms with Crippen LogP contribution in [0.1, 0.15) is 36.7 Å². The maximum Gasteiger partial charge on any atom is 0.257 e. The molecule has 0 aliphatic carbocycles. The van der Waals surface area contributed by atoms with E-state index in [1.165, 1.54) is 0 Å². The Kier molecular flexibility index (Phi) is 6.10. The number of anilines is 2. The summed E-state index contributed by atoms with van der Waals surface area (Å²) in [5, 5.41) is 8.68. The Morgan fingerprint density at radius 2 is 1.54 bits per heavy atom. The van der Waals surface area contributed by atoms with Gasteiger partial charge in [-0.2, -0.15) is 0 Å². The highest BCUT2D eigenvalue weighted by atomic mass is 32.1. The maximum absolute atomic E-state index is 12.3. The van der Waals surface area contributed by atoms with Crippen LogP contribution in [0.15, 0.2) is 48.5 Å². The fourth-order valence-electron chi connectivity index (χ4n) is 2.15. The zero-order chi connectivity index (χ0) is 19.3. The lowest BCUT2D eigenvalue weighted by Crippen LogP contribution is -2.34. The molecule has 0 heterocycles. The van der Waals surface area contributed by atoms with E-state index in [9.17, 15) is 9.59 Å². The van der Waals surface area contributed by atoms with Crippen LogP contribution in [0.25, 0.3) is 0 Å². The zero-order valence-electron chi connectivity index (χ0n) is 15.3. The van der Waals surface area contributed by atoms with Crippen molar-refractivity contribution in [2.45, 2.75) is 27.7 Å². The maximum atomic E-state index is 12.3. The monoisotopic (exact) mass is 369 g/mol. The molecule has 5 nitrogen and oxygen atoms in total. The van der Waals surface area contributed by atoms with Gasteiger partial charge in [0.25, 0.3) is 5.91 Å². The molecule has 0 unspecified atom stereocenters. The van der Waals surface area contributed by atoms with Crippen LogP contribution in [-0.4, -0.2) is 16.9 Å². The van der Waals surface area contributed by atoms with Crippen molar-refractivity contribution in [2.24, 2.45) is 5.41 Å². The lowest BCUT2D eigenvalue weighted by Gasteiger charge is -2.18. The van der Waals surface area contributed by atoms with Gasteiger partial charge in [-0.15, -0.1) is 0 Å². The molecular formula is C20H23N3O2S. The van der Waals surface area contributed by atoms with Crippen molar-refractivity contribution in [3.05, 3.63) is 59.7 Å². The van der Waals surface area contributed by atoms with Crippen LogP contribution in [0.3, 0.4) is 0 Å². The lowest BCUT2D eigenvalue weighted by atomic mass is 9.95. The van der Waals surface area contributed by atoms with Crippen LogP contribution >= 0.6 is 12.2 Å². The number of amides is 2. The standard InChI is InChI=1S/C20H23N3O2S/c1-13-8-5-6-11-16(13)17(24)23-19(26)22-15-10-7-9-14(12-15)21-18(25)20(2,3)4/h5-12H,1-4H3,(H,21,25)(H2,22,23,24,26). The van der Waals surface area contributed by atoms with Gasteiger partial charge in [0.15, 0.2) is 5.11 Å². The average Bonchev–Trinajstić information content (AvgIpc) is 2.54. The molecule has 0 radical (unpaired) electrons. The van der Waals surface area contributed by atoms with E-state index in [2.05, 4.69) is 16.0 Å². The number of rotatable bonds is 3. The second kappa shape index (κ2) is 8.10. The Morgan fingerprint density at radius 1 is 0.923 bits per heavy atom. The van der Waals surface area contributed by atoms with Crippen molar-refractivity contribution in [3.8, 4) is 0 Å². The smallest absolute Gasteiger partial charge is 0.257 e. The third-order valence-electron chi connectivity index (χ3n) is 3.68. The van der Waals surface area contributed by atoms with Gasteiger partial charge >= 0.3 is 0 Å². The van der Waals surface area contributed by atoms with Gasteiger partial charge in [0.1, 0.15) is 0 Å². The molecule has 0 bridgehead atoms. The van der Waals surface area contributed by atoms with Gasteiger partial charge in [0, 0.05) is 22.4 Å². The van der Waals surface area contributed by atoms with Crippen molar-refractivity contribution < 1.29 is 9.59 Å².